The van der Waals surface area contributed by atoms with E-state index in [-0.39, 0.29) is 5.82 Å². The van der Waals surface area contributed by atoms with Gasteiger partial charge in [0, 0.05) is 4.47 Å². The summed E-state index contributed by atoms with van der Waals surface area (Å²) in [6.07, 6.45) is 0. The maximum absolute atomic E-state index is 13.5. The molecule has 0 atom stereocenters. The number of halogens is 3. The second-order valence-corrected chi connectivity index (χ2v) is 5.76. The minimum absolute atomic E-state index is 0.179. The lowest BCUT2D eigenvalue weighted by atomic mass is 10.2. The van der Waals surface area contributed by atoms with E-state index in [1.54, 1.807) is 13.0 Å². The van der Waals surface area contributed by atoms with E-state index in [9.17, 15) is 4.39 Å². The molecule has 0 aliphatic carbocycles. The van der Waals surface area contributed by atoms with Gasteiger partial charge in [-0.1, -0.05) is 0 Å². The van der Waals surface area contributed by atoms with E-state index in [1.165, 1.54) is 11.3 Å². The third kappa shape index (κ3) is 1.53. The summed E-state index contributed by atoms with van der Waals surface area (Å²) in [7, 11) is 0. The Balaban J connectivity index is 2.95. The third-order valence-corrected chi connectivity index (χ3v) is 3.82. The van der Waals surface area contributed by atoms with Crippen molar-refractivity contribution in [2.75, 3.05) is 0 Å². The predicted molar refractivity (Wildman–Crippen MR) is 59.7 cm³/mol. The summed E-state index contributed by atoms with van der Waals surface area (Å²) in [4.78, 5) is 4.16. The van der Waals surface area contributed by atoms with E-state index in [0.717, 1.165) is 4.47 Å². The second-order valence-electron chi connectivity index (χ2n) is 2.63. The van der Waals surface area contributed by atoms with Crippen molar-refractivity contribution in [1.29, 1.82) is 0 Å². The van der Waals surface area contributed by atoms with Crippen LogP contribution in [0.2, 0.25) is 0 Å². The molecule has 0 aliphatic rings. The Bertz CT molecular complexity index is 480. The fraction of sp³-hybridized carbons (Fsp3) is 0.125. The molecule has 0 bridgehead atoms. The normalized spacial score (nSPS) is 11.1. The lowest BCUT2D eigenvalue weighted by molar-refractivity contribution is 0.632. The molecule has 0 aliphatic heterocycles. The van der Waals surface area contributed by atoms with Crippen molar-refractivity contribution in [2.45, 2.75) is 6.92 Å². The number of hydrogen-bond acceptors (Lipinski definition) is 2. The van der Waals surface area contributed by atoms with Crippen LogP contribution in [0.3, 0.4) is 0 Å². The summed E-state index contributed by atoms with van der Waals surface area (Å²) < 4.78 is 15.7. The molecule has 0 radical (unpaired) electrons. The largest absolute Gasteiger partial charge is 0.228 e. The fourth-order valence-corrected chi connectivity index (χ4v) is 3.34. The molecule has 0 amide bonds. The van der Waals surface area contributed by atoms with Crippen LogP contribution in [0.5, 0.6) is 0 Å². The van der Waals surface area contributed by atoms with Gasteiger partial charge < -0.3 is 0 Å². The number of benzene rings is 1. The summed E-state index contributed by atoms with van der Waals surface area (Å²) in [5.74, 6) is -0.179. The van der Waals surface area contributed by atoms with Crippen molar-refractivity contribution in [1.82, 2.24) is 4.98 Å². The maximum atomic E-state index is 13.5. The molecule has 0 saturated heterocycles. The first-order valence-electron chi connectivity index (χ1n) is 3.50. The number of rotatable bonds is 0. The Morgan fingerprint density at radius 2 is 2.15 bits per heavy atom. The highest BCUT2D eigenvalue weighted by Gasteiger charge is 2.12. The molecule has 2 aromatic rings. The van der Waals surface area contributed by atoms with Crippen molar-refractivity contribution in [2.24, 2.45) is 0 Å². The zero-order valence-corrected chi connectivity index (χ0v) is 10.6. The van der Waals surface area contributed by atoms with E-state index in [2.05, 4.69) is 36.8 Å². The quantitative estimate of drug-likeness (QED) is 0.705. The van der Waals surface area contributed by atoms with E-state index < -0.39 is 0 Å². The van der Waals surface area contributed by atoms with Gasteiger partial charge in [0.05, 0.1) is 10.2 Å². The van der Waals surface area contributed by atoms with Crippen molar-refractivity contribution >= 4 is 53.4 Å². The van der Waals surface area contributed by atoms with Crippen LogP contribution >= 0.6 is 43.2 Å². The van der Waals surface area contributed by atoms with Gasteiger partial charge in [0.1, 0.15) is 5.82 Å². The Hall–Kier alpha value is -0.0000000000000000555. The third-order valence-electron chi connectivity index (χ3n) is 1.72. The van der Waals surface area contributed by atoms with E-state index in [4.69, 9.17) is 0 Å². The molecule has 2 rings (SSSR count). The van der Waals surface area contributed by atoms with Gasteiger partial charge >= 0.3 is 0 Å². The van der Waals surface area contributed by atoms with Crippen LogP contribution in [0.15, 0.2) is 14.5 Å². The zero-order chi connectivity index (χ0) is 9.59. The molecule has 5 heteroatoms. The molecular formula is C8H4Br2FNS. The summed E-state index contributed by atoms with van der Waals surface area (Å²) in [6, 6.07) is 1.74. The van der Waals surface area contributed by atoms with Crippen molar-refractivity contribution in [3.05, 3.63) is 25.8 Å². The molecule has 1 nitrogen and oxygen atoms in total. The van der Waals surface area contributed by atoms with Crippen LogP contribution in [0.25, 0.3) is 10.2 Å². The lowest BCUT2D eigenvalue weighted by Crippen LogP contribution is -1.83. The molecule has 68 valence electrons. The molecule has 13 heavy (non-hydrogen) atoms. The highest BCUT2D eigenvalue weighted by atomic mass is 79.9. The van der Waals surface area contributed by atoms with Gasteiger partial charge in [-0.2, -0.15) is 0 Å². The average Bonchev–Trinajstić information content (AvgIpc) is 2.44. The van der Waals surface area contributed by atoms with E-state index in [0.29, 0.717) is 19.7 Å². The predicted octanol–water partition coefficient (Wildman–Crippen LogP) is 4.27. The van der Waals surface area contributed by atoms with Gasteiger partial charge in [0.15, 0.2) is 3.92 Å². The van der Waals surface area contributed by atoms with E-state index in [1.807, 2.05) is 0 Å². The van der Waals surface area contributed by atoms with Gasteiger partial charge in [-0.3, -0.25) is 0 Å². The van der Waals surface area contributed by atoms with Gasteiger partial charge in [-0.05, 0) is 50.4 Å². The van der Waals surface area contributed by atoms with Crippen LogP contribution in [0.4, 0.5) is 4.39 Å². The number of aryl methyl sites for hydroxylation is 1. The van der Waals surface area contributed by atoms with Crippen molar-refractivity contribution < 1.29 is 4.39 Å². The highest BCUT2D eigenvalue weighted by molar-refractivity contribution is 9.11. The van der Waals surface area contributed by atoms with Crippen LogP contribution in [-0.4, -0.2) is 4.98 Å². The number of aromatic nitrogens is 1. The first-order chi connectivity index (χ1) is 6.09. The number of fused-ring (bicyclic) bond motifs is 1. The molecule has 0 N–H and O–H groups in total. The second kappa shape index (κ2) is 3.29. The van der Waals surface area contributed by atoms with Crippen molar-refractivity contribution in [3.63, 3.8) is 0 Å². The number of nitrogens with zero attached hydrogens (tertiary/aromatic N) is 1. The molecular weight excluding hydrogens is 321 g/mol. The zero-order valence-electron chi connectivity index (χ0n) is 6.57. The molecule has 1 aromatic heterocycles. The molecule has 0 saturated carbocycles. The Morgan fingerprint density at radius 1 is 1.46 bits per heavy atom. The summed E-state index contributed by atoms with van der Waals surface area (Å²) >= 11 is 7.90. The summed E-state index contributed by atoms with van der Waals surface area (Å²) in [5.41, 5.74) is 1.32. The maximum Gasteiger partial charge on any atom is 0.160 e. The first-order valence-corrected chi connectivity index (χ1v) is 5.90. The minimum atomic E-state index is -0.179. The molecule has 1 aromatic carbocycles. The lowest BCUT2D eigenvalue weighted by Gasteiger charge is -1.98. The Morgan fingerprint density at radius 3 is 2.85 bits per heavy atom. The Kier molecular flexibility index (Phi) is 2.42. The van der Waals surface area contributed by atoms with Gasteiger partial charge in [-0.25, -0.2) is 9.37 Å². The molecule has 0 fully saturated rings. The number of thiazole rings is 1. The smallest absolute Gasteiger partial charge is 0.160 e. The van der Waals surface area contributed by atoms with Crippen molar-refractivity contribution in [3.8, 4) is 0 Å². The van der Waals surface area contributed by atoms with Gasteiger partial charge in [0.25, 0.3) is 0 Å². The molecule has 0 spiro atoms. The first kappa shape index (κ1) is 9.55. The topological polar surface area (TPSA) is 12.9 Å². The van der Waals surface area contributed by atoms with Crippen LogP contribution in [0, 0.1) is 12.7 Å². The minimum Gasteiger partial charge on any atom is -0.228 e. The molecule has 1 heterocycles. The van der Waals surface area contributed by atoms with Gasteiger partial charge in [0.2, 0.25) is 0 Å². The standard InChI is InChI=1S/C8H4Br2FNS/c1-3-2-4(9)6-7(5(3)11)13-8(10)12-6/h2H,1H3. The summed E-state index contributed by atoms with van der Waals surface area (Å²) in [6.45, 7) is 1.74. The van der Waals surface area contributed by atoms with Gasteiger partial charge in [-0.15, -0.1) is 11.3 Å². The van der Waals surface area contributed by atoms with Crippen LogP contribution < -0.4 is 0 Å². The molecule has 0 unspecified atom stereocenters. The van der Waals surface area contributed by atoms with E-state index >= 15 is 0 Å². The monoisotopic (exact) mass is 323 g/mol. The number of hydrogen-bond donors (Lipinski definition) is 0. The van der Waals surface area contributed by atoms with Crippen LogP contribution in [-0.2, 0) is 0 Å². The Labute approximate surface area is 95.2 Å². The average molecular weight is 325 g/mol. The van der Waals surface area contributed by atoms with Crippen LogP contribution in [0.1, 0.15) is 5.56 Å². The fourth-order valence-electron chi connectivity index (χ4n) is 1.11. The summed E-state index contributed by atoms with van der Waals surface area (Å²) in [5, 5.41) is 0. The highest BCUT2D eigenvalue weighted by Crippen LogP contribution is 2.34. The SMILES string of the molecule is Cc1cc(Br)c2nc(Br)sc2c1F.